The lowest BCUT2D eigenvalue weighted by Gasteiger charge is -2.32. The second-order valence-corrected chi connectivity index (χ2v) is 8.83. The number of nitrogens with one attached hydrogen (secondary N) is 1. The molecule has 0 spiro atoms. The molecule has 1 atom stereocenters. The molecule has 1 aromatic carbocycles. The summed E-state index contributed by atoms with van der Waals surface area (Å²) in [4.78, 5) is 1.34. The standard InChI is InChI=1S/C17H21NO4S2/c1-12-10-13(22-2)5-6-16(12)24(20,21)18-11-17(19)8-3-4-15-14(17)7-9-23-15/h5-7,9-10,18-19H,3-4,8,11H2,1-2H3. The van der Waals surface area contributed by atoms with Crippen molar-refractivity contribution >= 4 is 21.4 Å². The SMILES string of the molecule is COc1ccc(S(=O)(=O)NCC2(O)CCCc3sccc32)c(C)c1. The molecule has 1 heterocycles. The van der Waals surface area contributed by atoms with Crippen LogP contribution in [0.4, 0.5) is 0 Å². The summed E-state index contributed by atoms with van der Waals surface area (Å²) in [5, 5.41) is 12.9. The van der Waals surface area contributed by atoms with Crippen LogP contribution in [-0.2, 0) is 22.0 Å². The number of benzene rings is 1. The number of methoxy groups -OCH3 is 1. The van der Waals surface area contributed by atoms with Crippen molar-refractivity contribution < 1.29 is 18.3 Å². The molecular formula is C17H21NO4S2. The first-order valence-electron chi connectivity index (χ1n) is 7.79. The molecule has 1 unspecified atom stereocenters. The van der Waals surface area contributed by atoms with Crippen LogP contribution >= 0.6 is 11.3 Å². The molecular weight excluding hydrogens is 346 g/mol. The van der Waals surface area contributed by atoms with Crippen molar-refractivity contribution in [1.29, 1.82) is 0 Å². The number of aliphatic hydroxyl groups is 1. The smallest absolute Gasteiger partial charge is 0.240 e. The van der Waals surface area contributed by atoms with Gasteiger partial charge in [-0.3, -0.25) is 0 Å². The van der Waals surface area contributed by atoms with Crippen molar-refractivity contribution in [3.8, 4) is 5.75 Å². The van der Waals surface area contributed by atoms with Gasteiger partial charge in [-0.1, -0.05) is 0 Å². The van der Waals surface area contributed by atoms with Crippen molar-refractivity contribution in [2.45, 2.75) is 36.7 Å². The molecule has 1 aromatic heterocycles. The van der Waals surface area contributed by atoms with Gasteiger partial charge in [-0.15, -0.1) is 11.3 Å². The molecule has 0 aliphatic heterocycles. The van der Waals surface area contributed by atoms with Crippen molar-refractivity contribution in [2.24, 2.45) is 0 Å². The maximum Gasteiger partial charge on any atom is 0.240 e. The summed E-state index contributed by atoms with van der Waals surface area (Å²) in [6, 6.07) is 6.72. The minimum absolute atomic E-state index is 0.0233. The maximum atomic E-state index is 12.6. The monoisotopic (exact) mass is 367 g/mol. The van der Waals surface area contributed by atoms with Gasteiger partial charge in [0.1, 0.15) is 11.4 Å². The highest BCUT2D eigenvalue weighted by Crippen LogP contribution is 2.38. The van der Waals surface area contributed by atoms with Gasteiger partial charge in [0.05, 0.1) is 12.0 Å². The molecule has 3 rings (SSSR count). The van der Waals surface area contributed by atoms with Gasteiger partial charge in [-0.2, -0.15) is 0 Å². The highest BCUT2D eigenvalue weighted by Gasteiger charge is 2.36. The predicted octanol–water partition coefficient (Wildman–Crippen LogP) is 2.57. The summed E-state index contributed by atoms with van der Waals surface area (Å²) in [6.07, 6.45) is 2.35. The average molecular weight is 367 g/mol. The molecule has 24 heavy (non-hydrogen) atoms. The molecule has 0 bridgehead atoms. The molecule has 0 radical (unpaired) electrons. The Bertz CT molecular complexity index is 844. The predicted molar refractivity (Wildman–Crippen MR) is 94.1 cm³/mol. The number of rotatable bonds is 5. The topological polar surface area (TPSA) is 75.6 Å². The molecule has 7 heteroatoms. The summed E-state index contributed by atoms with van der Waals surface area (Å²) in [6.45, 7) is 1.70. The summed E-state index contributed by atoms with van der Waals surface area (Å²) in [5.74, 6) is 0.611. The van der Waals surface area contributed by atoms with E-state index in [4.69, 9.17) is 4.74 Å². The first kappa shape index (κ1) is 17.4. The number of hydrogen-bond donors (Lipinski definition) is 2. The Balaban J connectivity index is 1.82. The molecule has 1 aliphatic carbocycles. The number of fused-ring (bicyclic) bond motifs is 1. The van der Waals surface area contributed by atoms with Crippen LogP contribution in [0.1, 0.15) is 28.8 Å². The van der Waals surface area contributed by atoms with E-state index in [-0.39, 0.29) is 11.4 Å². The zero-order valence-electron chi connectivity index (χ0n) is 13.7. The number of aryl methyl sites for hydroxylation is 2. The van der Waals surface area contributed by atoms with E-state index in [0.29, 0.717) is 17.7 Å². The van der Waals surface area contributed by atoms with Gasteiger partial charge >= 0.3 is 0 Å². The lowest BCUT2D eigenvalue weighted by atomic mass is 9.83. The summed E-state index contributed by atoms with van der Waals surface area (Å²) < 4.78 is 32.9. The van der Waals surface area contributed by atoms with Crippen LogP contribution in [0, 0.1) is 6.92 Å². The van der Waals surface area contributed by atoms with Gasteiger partial charge in [0, 0.05) is 11.4 Å². The van der Waals surface area contributed by atoms with E-state index >= 15 is 0 Å². The Labute approximate surface area is 146 Å². The highest BCUT2D eigenvalue weighted by atomic mass is 32.2. The highest BCUT2D eigenvalue weighted by molar-refractivity contribution is 7.89. The van der Waals surface area contributed by atoms with Gasteiger partial charge < -0.3 is 9.84 Å². The molecule has 2 aromatic rings. The van der Waals surface area contributed by atoms with E-state index in [9.17, 15) is 13.5 Å². The third kappa shape index (κ3) is 3.21. The van der Waals surface area contributed by atoms with Gasteiger partial charge in [-0.25, -0.2) is 13.1 Å². The zero-order chi connectivity index (χ0) is 17.4. The fraction of sp³-hybridized carbons (Fsp3) is 0.412. The van der Waals surface area contributed by atoms with Crippen LogP contribution in [0.5, 0.6) is 5.75 Å². The van der Waals surface area contributed by atoms with Crippen molar-refractivity contribution in [1.82, 2.24) is 4.72 Å². The number of ether oxygens (including phenoxy) is 1. The van der Waals surface area contributed by atoms with Gasteiger partial charge in [0.25, 0.3) is 0 Å². The van der Waals surface area contributed by atoms with E-state index in [1.54, 1.807) is 30.4 Å². The fourth-order valence-corrected chi connectivity index (χ4v) is 5.48. The van der Waals surface area contributed by atoms with Gasteiger partial charge in [0.15, 0.2) is 0 Å². The third-order valence-corrected chi connectivity index (χ3v) is 7.01. The van der Waals surface area contributed by atoms with Crippen LogP contribution in [0.15, 0.2) is 34.5 Å². The zero-order valence-corrected chi connectivity index (χ0v) is 15.3. The lowest BCUT2D eigenvalue weighted by Crippen LogP contribution is -2.42. The van der Waals surface area contributed by atoms with E-state index in [1.807, 2.05) is 11.4 Å². The molecule has 130 valence electrons. The fourth-order valence-electron chi connectivity index (χ4n) is 3.15. The van der Waals surface area contributed by atoms with E-state index < -0.39 is 15.6 Å². The Morgan fingerprint density at radius 1 is 1.38 bits per heavy atom. The largest absolute Gasteiger partial charge is 0.497 e. The van der Waals surface area contributed by atoms with E-state index in [1.165, 1.54) is 13.2 Å². The van der Waals surface area contributed by atoms with Crippen LogP contribution in [0.25, 0.3) is 0 Å². The molecule has 1 aliphatic rings. The molecule has 0 amide bonds. The molecule has 0 saturated heterocycles. The van der Waals surface area contributed by atoms with Crippen LogP contribution in [0.2, 0.25) is 0 Å². The van der Waals surface area contributed by atoms with E-state index in [0.717, 1.165) is 23.3 Å². The molecule has 2 N–H and O–H groups in total. The molecule has 0 saturated carbocycles. The van der Waals surface area contributed by atoms with E-state index in [2.05, 4.69) is 4.72 Å². The quantitative estimate of drug-likeness (QED) is 0.852. The minimum Gasteiger partial charge on any atom is -0.497 e. The first-order valence-corrected chi connectivity index (χ1v) is 10.2. The molecule has 5 nitrogen and oxygen atoms in total. The number of hydrogen-bond acceptors (Lipinski definition) is 5. The third-order valence-electron chi connectivity index (χ3n) is 4.47. The Hall–Kier alpha value is -1.41. The van der Waals surface area contributed by atoms with Crippen molar-refractivity contribution in [3.63, 3.8) is 0 Å². The Kier molecular flexibility index (Phi) is 4.70. The van der Waals surface area contributed by atoms with Crippen LogP contribution in [-0.4, -0.2) is 27.2 Å². The van der Waals surface area contributed by atoms with Crippen LogP contribution in [0.3, 0.4) is 0 Å². The van der Waals surface area contributed by atoms with Gasteiger partial charge in [0.2, 0.25) is 10.0 Å². The number of thiophene rings is 1. The average Bonchev–Trinajstić information content (AvgIpc) is 3.03. The van der Waals surface area contributed by atoms with Crippen molar-refractivity contribution in [3.05, 3.63) is 45.6 Å². The minimum atomic E-state index is -3.70. The Morgan fingerprint density at radius 2 is 2.17 bits per heavy atom. The lowest BCUT2D eigenvalue weighted by molar-refractivity contribution is 0.0252. The normalized spacial score (nSPS) is 20.6. The summed E-state index contributed by atoms with van der Waals surface area (Å²) in [7, 11) is -2.16. The maximum absolute atomic E-state index is 12.6. The number of sulfonamides is 1. The van der Waals surface area contributed by atoms with Gasteiger partial charge in [-0.05, 0) is 67.0 Å². The second-order valence-electron chi connectivity index (χ2n) is 6.10. The molecule has 0 fully saturated rings. The Morgan fingerprint density at radius 3 is 2.88 bits per heavy atom. The second kappa shape index (κ2) is 6.48. The van der Waals surface area contributed by atoms with Crippen molar-refractivity contribution in [2.75, 3.05) is 13.7 Å². The first-order chi connectivity index (χ1) is 11.4. The summed E-state index contributed by atoms with van der Waals surface area (Å²) >= 11 is 1.61. The summed E-state index contributed by atoms with van der Waals surface area (Å²) in [5.41, 5.74) is 0.322. The van der Waals surface area contributed by atoms with Crippen LogP contribution < -0.4 is 9.46 Å².